The highest BCUT2D eigenvalue weighted by Gasteiger charge is 2.54. The van der Waals surface area contributed by atoms with Gasteiger partial charge in [0, 0.05) is 14.5 Å². The Morgan fingerprint density at radius 3 is 2.20 bits per heavy atom. The zero-order valence-corrected chi connectivity index (χ0v) is 16.8. The van der Waals surface area contributed by atoms with E-state index in [1.54, 1.807) is 25.1 Å². The first-order valence-electron chi connectivity index (χ1n) is 7.81. The second kappa shape index (κ2) is 6.75. The fraction of sp³-hybridized carbons (Fsp3) is 0.263. The summed E-state index contributed by atoms with van der Waals surface area (Å²) in [6.45, 7) is 3.64. The van der Waals surface area contributed by atoms with Crippen LogP contribution in [0.2, 0.25) is 10.0 Å². The van der Waals surface area contributed by atoms with Crippen molar-refractivity contribution in [2.45, 2.75) is 20.3 Å². The number of hydrogen-bond acceptors (Lipinski definition) is 2. The van der Waals surface area contributed by atoms with Crippen molar-refractivity contribution in [2.75, 3.05) is 4.90 Å². The second-order valence-corrected chi connectivity index (χ2v) is 8.34. The summed E-state index contributed by atoms with van der Waals surface area (Å²) >= 11 is 15.5. The normalized spacial score (nSPS) is 23.4. The Morgan fingerprint density at radius 2 is 1.64 bits per heavy atom. The molecule has 1 aliphatic rings. The van der Waals surface area contributed by atoms with Gasteiger partial charge in [-0.25, -0.2) is 4.90 Å². The molecule has 0 N–H and O–H groups in total. The van der Waals surface area contributed by atoms with E-state index in [0.29, 0.717) is 22.2 Å². The molecule has 1 heterocycles. The molecule has 2 aromatic carbocycles. The van der Waals surface area contributed by atoms with E-state index in [-0.39, 0.29) is 11.8 Å². The third-order valence-electron chi connectivity index (χ3n) is 4.83. The minimum absolute atomic E-state index is 0.230. The maximum absolute atomic E-state index is 13.2. The molecule has 1 fully saturated rings. The summed E-state index contributed by atoms with van der Waals surface area (Å²) in [5.41, 5.74) is 0.600. The fourth-order valence-electron chi connectivity index (χ4n) is 3.17. The Hall–Kier alpha value is -1.36. The van der Waals surface area contributed by atoms with Crippen molar-refractivity contribution in [3.63, 3.8) is 0 Å². The maximum Gasteiger partial charge on any atom is 0.240 e. The minimum Gasteiger partial charge on any atom is -0.274 e. The third kappa shape index (κ3) is 3.35. The standard InChI is InChI=1S/C19H16BrCl2NO2/c1-11-17(24)23(16-8-14(21)7-15(22)9-16)18(25)19(11,2)10-12-3-5-13(20)6-4-12/h3-9,11H,10H2,1-2H3. The van der Waals surface area contributed by atoms with Crippen LogP contribution in [-0.4, -0.2) is 11.8 Å². The number of carbonyl (C=O) groups excluding carboxylic acids is 2. The average molecular weight is 441 g/mol. The summed E-state index contributed by atoms with van der Waals surface area (Å²) in [7, 11) is 0. The molecule has 1 saturated heterocycles. The molecule has 25 heavy (non-hydrogen) atoms. The van der Waals surface area contributed by atoms with Gasteiger partial charge in [0.2, 0.25) is 11.8 Å². The van der Waals surface area contributed by atoms with Gasteiger partial charge in [0.25, 0.3) is 0 Å². The van der Waals surface area contributed by atoms with Crippen molar-refractivity contribution >= 4 is 56.6 Å². The van der Waals surface area contributed by atoms with E-state index in [1.165, 1.54) is 4.90 Å². The Kier molecular flexibility index (Phi) is 4.97. The Labute approximate surface area is 165 Å². The van der Waals surface area contributed by atoms with E-state index >= 15 is 0 Å². The molecule has 0 aromatic heterocycles. The Morgan fingerprint density at radius 1 is 1.08 bits per heavy atom. The number of hydrogen-bond donors (Lipinski definition) is 0. The van der Waals surface area contributed by atoms with Crippen molar-refractivity contribution in [1.29, 1.82) is 0 Å². The van der Waals surface area contributed by atoms with Crippen LogP contribution in [0.1, 0.15) is 19.4 Å². The van der Waals surface area contributed by atoms with E-state index in [4.69, 9.17) is 23.2 Å². The van der Waals surface area contributed by atoms with Crippen LogP contribution in [0.25, 0.3) is 0 Å². The van der Waals surface area contributed by atoms with Gasteiger partial charge in [0.1, 0.15) is 0 Å². The number of amides is 2. The summed E-state index contributed by atoms with van der Waals surface area (Å²) in [6, 6.07) is 12.5. The molecule has 0 saturated carbocycles. The largest absolute Gasteiger partial charge is 0.274 e. The number of benzene rings is 2. The van der Waals surface area contributed by atoms with Gasteiger partial charge in [-0.3, -0.25) is 9.59 Å². The first-order valence-corrected chi connectivity index (χ1v) is 9.36. The molecule has 0 spiro atoms. The van der Waals surface area contributed by atoms with Crippen molar-refractivity contribution in [3.8, 4) is 0 Å². The van der Waals surface area contributed by atoms with Gasteiger partial charge in [0.05, 0.1) is 17.0 Å². The fourth-order valence-corrected chi connectivity index (χ4v) is 3.95. The van der Waals surface area contributed by atoms with Crippen molar-refractivity contribution < 1.29 is 9.59 Å². The van der Waals surface area contributed by atoms with Crippen LogP contribution in [0.3, 0.4) is 0 Å². The van der Waals surface area contributed by atoms with Crippen LogP contribution in [0, 0.1) is 11.3 Å². The van der Waals surface area contributed by atoms with E-state index in [2.05, 4.69) is 15.9 Å². The first-order chi connectivity index (χ1) is 11.7. The second-order valence-electron chi connectivity index (χ2n) is 6.55. The lowest BCUT2D eigenvalue weighted by Gasteiger charge is -2.25. The van der Waals surface area contributed by atoms with Gasteiger partial charge in [-0.1, -0.05) is 58.2 Å². The quantitative estimate of drug-likeness (QED) is 0.589. The van der Waals surface area contributed by atoms with Crippen molar-refractivity contribution in [2.24, 2.45) is 11.3 Å². The smallest absolute Gasteiger partial charge is 0.240 e. The molecule has 2 amide bonds. The average Bonchev–Trinajstić information content (AvgIpc) is 2.70. The zero-order valence-electron chi connectivity index (χ0n) is 13.7. The van der Waals surface area contributed by atoms with E-state index in [0.717, 1.165) is 10.0 Å². The monoisotopic (exact) mass is 439 g/mol. The topological polar surface area (TPSA) is 37.4 Å². The Balaban J connectivity index is 1.98. The molecule has 2 aromatic rings. The van der Waals surface area contributed by atoms with Gasteiger partial charge in [0.15, 0.2) is 0 Å². The molecule has 1 aliphatic heterocycles. The molecular formula is C19H16BrCl2NO2. The summed E-state index contributed by atoms with van der Waals surface area (Å²) < 4.78 is 0.971. The number of rotatable bonds is 3. The van der Waals surface area contributed by atoms with E-state index in [1.807, 2.05) is 31.2 Å². The molecular weight excluding hydrogens is 425 g/mol. The first kappa shape index (κ1) is 18.4. The van der Waals surface area contributed by atoms with Crippen LogP contribution in [0.5, 0.6) is 0 Å². The molecule has 0 radical (unpaired) electrons. The van der Waals surface area contributed by atoms with Gasteiger partial charge in [-0.2, -0.15) is 0 Å². The predicted molar refractivity (Wildman–Crippen MR) is 104 cm³/mol. The van der Waals surface area contributed by atoms with Gasteiger partial charge < -0.3 is 0 Å². The van der Waals surface area contributed by atoms with Crippen LogP contribution in [0.15, 0.2) is 46.9 Å². The maximum atomic E-state index is 13.2. The van der Waals surface area contributed by atoms with Crippen LogP contribution in [0.4, 0.5) is 5.69 Å². The highest BCUT2D eigenvalue weighted by Crippen LogP contribution is 2.43. The van der Waals surface area contributed by atoms with Gasteiger partial charge >= 0.3 is 0 Å². The van der Waals surface area contributed by atoms with Gasteiger partial charge in [-0.05, 0) is 49.2 Å². The molecule has 2 atom stereocenters. The zero-order chi connectivity index (χ0) is 18.4. The highest BCUT2D eigenvalue weighted by molar-refractivity contribution is 9.10. The summed E-state index contributed by atoms with van der Waals surface area (Å²) in [6.07, 6.45) is 0.483. The molecule has 0 aliphatic carbocycles. The number of halogens is 3. The lowest BCUT2D eigenvalue weighted by Crippen LogP contribution is -2.36. The molecule has 2 unspecified atom stereocenters. The van der Waals surface area contributed by atoms with Gasteiger partial charge in [-0.15, -0.1) is 0 Å². The lowest BCUT2D eigenvalue weighted by molar-refractivity contribution is -0.125. The lowest BCUT2D eigenvalue weighted by atomic mass is 9.75. The molecule has 3 nitrogen and oxygen atoms in total. The summed E-state index contributed by atoms with van der Waals surface area (Å²) in [5.74, 6) is -0.907. The number of carbonyl (C=O) groups is 2. The van der Waals surface area contributed by atoms with Crippen molar-refractivity contribution in [1.82, 2.24) is 0 Å². The SMILES string of the molecule is CC1C(=O)N(c2cc(Cl)cc(Cl)c2)C(=O)C1(C)Cc1ccc(Br)cc1. The minimum atomic E-state index is -0.820. The van der Waals surface area contributed by atoms with E-state index in [9.17, 15) is 9.59 Å². The van der Waals surface area contributed by atoms with E-state index < -0.39 is 11.3 Å². The number of imide groups is 1. The highest BCUT2D eigenvalue weighted by atomic mass is 79.9. The molecule has 0 bridgehead atoms. The summed E-state index contributed by atoms with van der Waals surface area (Å²) in [5, 5.41) is 0.773. The number of nitrogens with zero attached hydrogens (tertiary/aromatic N) is 1. The predicted octanol–water partition coefficient (Wildman–Crippen LogP) is 5.51. The molecule has 3 rings (SSSR count). The molecule has 130 valence electrons. The van der Waals surface area contributed by atoms with Crippen LogP contribution in [-0.2, 0) is 16.0 Å². The Bertz CT molecular complexity index is 833. The summed E-state index contributed by atoms with van der Waals surface area (Å²) in [4.78, 5) is 27.2. The number of anilines is 1. The van der Waals surface area contributed by atoms with Crippen LogP contribution < -0.4 is 4.90 Å². The molecule has 6 heteroatoms. The van der Waals surface area contributed by atoms with Crippen LogP contribution >= 0.6 is 39.1 Å². The third-order valence-corrected chi connectivity index (χ3v) is 5.79. The van der Waals surface area contributed by atoms with Crippen molar-refractivity contribution in [3.05, 3.63) is 62.5 Å².